The first-order chi connectivity index (χ1) is 10.6. The molecule has 1 aromatic heterocycles. The van der Waals surface area contributed by atoms with Crippen LogP contribution in [0.4, 0.5) is 11.4 Å². The van der Waals surface area contributed by atoms with Crippen LogP contribution in [-0.2, 0) is 4.79 Å². The van der Waals surface area contributed by atoms with Crippen LogP contribution in [0.15, 0.2) is 41.2 Å². The van der Waals surface area contributed by atoms with Gasteiger partial charge in [-0.3, -0.25) is 14.4 Å². The van der Waals surface area contributed by atoms with Gasteiger partial charge in [-0.15, -0.1) is 0 Å². The number of nitrogens with zero attached hydrogens (tertiary/aromatic N) is 1. The van der Waals surface area contributed by atoms with Gasteiger partial charge in [0, 0.05) is 23.4 Å². The van der Waals surface area contributed by atoms with E-state index in [4.69, 9.17) is 0 Å². The van der Waals surface area contributed by atoms with Crippen molar-refractivity contribution in [1.82, 2.24) is 10.2 Å². The van der Waals surface area contributed by atoms with Crippen LogP contribution >= 0.6 is 0 Å². The van der Waals surface area contributed by atoms with Crippen molar-refractivity contribution in [1.29, 1.82) is 0 Å². The van der Waals surface area contributed by atoms with E-state index in [0.717, 1.165) is 12.8 Å². The molecule has 3 N–H and O–H groups in total. The number of aromatic amines is 1. The molecule has 22 heavy (non-hydrogen) atoms. The fraction of sp³-hybridized carbons (Fsp3) is 0.200. The van der Waals surface area contributed by atoms with Crippen LogP contribution in [0.2, 0.25) is 0 Å². The van der Waals surface area contributed by atoms with Gasteiger partial charge in [0.25, 0.3) is 11.5 Å². The summed E-state index contributed by atoms with van der Waals surface area (Å²) in [6.45, 7) is 0. The molecule has 0 unspecified atom stereocenters. The molecular weight excluding hydrogens is 284 g/mol. The zero-order valence-electron chi connectivity index (χ0n) is 11.6. The maximum atomic E-state index is 11.9. The van der Waals surface area contributed by atoms with Crippen LogP contribution in [-0.4, -0.2) is 22.0 Å². The Balaban J connectivity index is 1.62. The number of amides is 2. The van der Waals surface area contributed by atoms with Crippen molar-refractivity contribution >= 4 is 23.2 Å². The number of hydrogen-bond donors (Lipinski definition) is 3. The summed E-state index contributed by atoms with van der Waals surface area (Å²) in [7, 11) is 0. The number of hydrogen-bond acceptors (Lipinski definition) is 4. The summed E-state index contributed by atoms with van der Waals surface area (Å²) in [5.41, 5.74) is 1.01. The van der Waals surface area contributed by atoms with Crippen molar-refractivity contribution in [3.05, 3.63) is 52.4 Å². The number of benzene rings is 1. The molecule has 1 heterocycles. The lowest BCUT2D eigenvalue weighted by Crippen LogP contribution is -2.17. The molecule has 0 aliphatic heterocycles. The quantitative estimate of drug-likeness (QED) is 0.793. The molecule has 1 aliphatic rings. The fourth-order valence-electron chi connectivity index (χ4n) is 1.89. The van der Waals surface area contributed by atoms with Crippen LogP contribution in [0, 0.1) is 5.92 Å². The molecule has 0 atom stereocenters. The molecule has 1 aliphatic carbocycles. The molecule has 2 aromatic rings. The first kappa shape index (κ1) is 14.0. The van der Waals surface area contributed by atoms with E-state index in [-0.39, 0.29) is 23.1 Å². The van der Waals surface area contributed by atoms with Gasteiger partial charge in [0.05, 0.1) is 0 Å². The highest BCUT2D eigenvalue weighted by molar-refractivity contribution is 6.03. The van der Waals surface area contributed by atoms with Crippen LogP contribution in [0.1, 0.15) is 23.3 Å². The Hall–Kier alpha value is -2.96. The van der Waals surface area contributed by atoms with Crippen LogP contribution in [0.5, 0.6) is 0 Å². The molecule has 0 bridgehead atoms. The van der Waals surface area contributed by atoms with Gasteiger partial charge in [-0.25, -0.2) is 5.10 Å². The third kappa shape index (κ3) is 3.38. The summed E-state index contributed by atoms with van der Waals surface area (Å²) in [6.07, 6.45) is 1.90. The summed E-state index contributed by atoms with van der Waals surface area (Å²) in [5.74, 6) is -0.245. The van der Waals surface area contributed by atoms with Crippen molar-refractivity contribution in [2.45, 2.75) is 12.8 Å². The standard InChI is InChI=1S/C15H14N4O3/c20-13-8-7-12(18-19-13)15(22)17-11-5-3-10(4-6-11)16-14(21)9-1-2-9/h3-9H,1-2H2,(H,16,21)(H,17,22)(H,19,20). The first-order valence-electron chi connectivity index (χ1n) is 6.90. The molecular formula is C15H14N4O3. The van der Waals surface area contributed by atoms with Crippen molar-refractivity contribution in [2.75, 3.05) is 10.6 Å². The second-order valence-electron chi connectivity index (χ2n) is 5.10. The lowest BCUT2D eigenvalue weighted by molar-refractivity contribution is -0.117. The maximum Gasteiger partial charge on any atom is 0.276 e. The molecule has 0 radical (unpaired) electrons. The minimum atomic E-state index is -0.425. The predicted molar refractivity (Wildman–Crippen MR) is 80.6 cm³/mol. The van der Waals surface area contributed by atoms with E-state index in [9.17, 15) is 14.4 Å². The van der Waals surface area contributed by atoms with E-state index in [1.54, 1.807) is 24.3 Å². The Kier molecular flexibility index (Phi) is 3.69. The van der Waals surface area contributed by atoms with Gasteiger partial charge < -0.3 is 10.6 Å². The van der Waals surface area contributed by atoms with Gasteiger partial charge in [-0.2, -0.15) is 5.10 Å². The van der Waals surface area contributed by atoms with Gasteiger partial charge in [0.2, 0.25) is 5.91 Å². The minimum absolute atomic E-state index is 0.0363. The summed E-state index contributed by atoms with van der Waals surface area (Å²) >= 11 is 0. The van der Waals surface area contributed by atoms with Crippen molar-refractivity contribution < 1.29 is 9.59 Å². The summed E-state index contributed by atoms with van der Waals surface area (Å²) in [4.78, 5) is 34.4. The first-order valence-corrected chi connectivity index (χ1v) is 6.90. The molecule has 7 nitrogen and oxygen atoms in total. The van der Waals surface area contributed by atoms with E-state index >= 15 is 0 Å². The van der Waals surface area contributed by atoms with Gasteiger partial charge in [-0.05, 0) is 43.2 Å². The molecule has 0 spiro atoms. The monoisotopic (exact) mass is 298 g/mol. The number of carbonyl (C=O) groups excluding carboxylic acids is 2. The Labute approximate surface area is 125 Å². The number of carbonyl (C=O) groups is 2. The van der Waals surface area contributed by atoms with E-state index in [0.29, 0.717) is 11.4 Å². The molecule has 2 amide bonds. The molecule has 1 saturated carbocycles. The lowest BCUT2D eigenvalue weighted by Gasteiger charge is -2.07. The second kappa shape index (κ2) is 5.80. The van der Waals surface area contributed by atoms with Gasteiger partial charge in [0.15, 0.2) is 0 Å². The predicted octanol–water partition coefficient (Wildman–Crippen LogP) is 1.37. The van der Waals surface area contributed by atoms with E-state index in [1.165, 1.54) is 12.1 Å². The van der Waals surface area contributed by atoms with Crippen molar-refractivity contribution in [3.63, 3.8) is 0 Å². The Morgan fingerprint density at radius 2 is 1.64 bits per heavy atom. The number of H-pyrrole nitrogens is 1. The molecule has 0 saturated heterocycles. The van der Waals surface area contributed by atoms with E-state index < -0.39 is 5.91 Å². The smallest absolute Gasteiger partial charge is 0.276 e. The van der Waals surface area contributed by atoms with Crippen molar-refractivity contribution in [3.8, 4) is 0 Å². The third-order valence-corrected chi connectivity index (χ3v) is 3.27. The largest absolute Gasteiger partial charge is 0.326 e. The second-order valence-corrected chi connectivity index (χ2v) is 5.10. The number of nitrogens with one attached hydrogen (secondary N) is 3. The third-order valence-electron chi connectivity index (χ3n) is 3.27. The van der Waals surface area contributed by atoms with E-state index in [1.807, 2.05) is 0 Å². The molecule has 1 fully saturated rings. The lowest BCUT2D eigenvalue weighted by atomic mass is 10.2. The highest BCUT2D eigenvalue weighted by Gasteiger charge is 2.29. The number of aromatic nitrogens is 2. The van der Waals surface area contributed by atoms with Gasteiger partial charge >= 0.3 is 0 Å². The zero-order chi connectivity index (χ0) is 15.5. The maximum absolute atomic E-state index is 11.9. The Morgan fingerprint density at radius 3 is 2.18 bits per heavy atom. The topological polar surface area (TPSA) is 104 Å². The number of anilines is 2. The highest BCUT2D eigenvalue weighted by atomic mass is 16.2. The minimum Gasteiger partial charge on any atom is -0.326 e. The highest BCUT2D eigenvalue weighted by Crippen LogP contribution is 2.30. The average molecular weight is 298 g/mol. The van der Waals surface area contributed by atoms with Crippen LogP contribution in [0.3, 0.4) is 0 Å². The summed E-state index contributed by atoms with van der Waals surface area (Å²) in [6, 6.07) is 9.39. The molecule has 112 valence electrons. The van der Waals surface area contributed by atoms with Crippen LogP contribution in [0.25, 0.3) is 0 Å². The van der Waals surface area contributed by atoms with E-state index in [2.05, 4.69) is 20.8 Å². The fourth-order valence-corrected chi connectivity index (χ4v) is 1.89. The Bertz CT molecular complexity index is 743. The van der Waals surface area contributed by atoms with Gasteiger partial charge in [-0.1, -0.05) is 0 Å². The van der Waals surface area contributed by atoms with Gasteiger partial charge in [0.1, 0.15) is 5.69 Å². The normalized spacial score (nSPS) is 13.5. The zero-order valence-corrected chi connectivity index (χ0v) is 11.6. The SMILES string of the molecule is O=C(Nc1ccc(NC(=O)C2CC2)cc1)c1ccc(=O)[nH]n1. The summed E-state index contributed by atoms with van der Waals surface area (Å²) in [5, 5.41) is 11.3. The molecule has 7 heteroatoms. The van der Waals surface area contributed by atoms with Crippen LogP contribution < -0.4 is 16.2 Å². The Morgan fingerprint density at radius 1 is 1.00 bits per heavy atom. The number of rotatable bonds is 4. The average Bonchev–Trinajstić information content (AvgIpc) is 3.34. The summed E-state index contributed by atoms with van der Waals surface area (Å²) < 4.78 is 0. The van der Waals surface area contributed by atoms with Crippen molar-refractivity contribution in [2.24, 2.45) is 5.92 Å². The molecule has 1 aromatic carbocycles. The molecule has 3 rings (SSSR count).